The molecule has 1 aliphatic carbocycles. The average Bonchev–Trinajstić information content (AvgIpc) is 3.10. The lowest BCUT2D eigenvalue weighted by atomic mass is 9.94. The molecule has 2 atom stereocenters. The maximum absolute atomic E-state index is 12.4. The molecule has 116 valence electrons. The van der Waals surface area contributed by atoms with E-state index in [1.807, 2.05) is 19.9 Å². The molecule has 4 nitrogen and oxygen atoms in total. The van der Waals surface area contributed by atoms with E-state index in [0.29, 0.717) is 12.3 Å². The Kier molecular flexibility index (Phi) is 4.27. The molecule has 0 aliphatic heterocycles. The molecule has 1 saturated carbocycles. The minimum Gasteiger partial charge on any atom is -0.352 e. The van der Waals surface area contributed by atoms with Crippen LogP contribution in [0.4, 0.5) is 0 Å². The van der Waals surface area contributed by atoms with Crippen molar-refractivity contribution in [2.45, 2.75) is 51.5 Å². The molecule has 3 rings (SSSR count). The normalized spacial score (nSPS) is 21.0. The smallest absolute Gasteiger partial charge is 0.224 e. The Balaban J connectivity index is 1.66. The van der Waals surface area contributed by atoms with Gasteiger partial charge in [-0.2, -0.15) is 5.10 Å². The van der Waals surface area contributed by atoms with Crippen molar-refractivity contribution in [1.82, 2.24) is 15.5 Å². The number of aromatic amines is 1. The van der Waals surface area contributed by atoms with Gasteiger partial charge in [0.25, 0.3) is 0 Å². The zero-order chi connectivity index (χ0) is 15.5. The zero-order valence-electron chi connectivity index (χ0n) is 13.2. The van der Waals surface area contributed by atoms with Crippen LogP contribution in [-0.4, -0.2) is 22.1 Å². The van der Waals surface area contributed by atoms with Gasteiger partial charge in [0.05, 0.1) is 12.1 Å². The lowest BCUT2D eigenvalue weighted by Crippen LogP contribution is -2.37. The number of hydrogen-bond acceptors (Lipinski definition) is 2. The van der Waals surface area contributed by atoms with Gasteiger partial charge in [0.2, 0.25) is 5.91 Å². The molecule has 1 fully saturated rings. The molecule has 4 heteroatoms. The first-order chi connectivity index (χ1) is 10.6. The number of hydrogen-bond donors (Lipinski definition) is 2. The van der Waals surface area contributed by atoms with Gasteiger partial charge in [-0.15, -0.1) is 0 Å². The van der Waals surface area contributed by atoms with Crippen molar-refractivity contribution in [3.05, 3.63) is 52.8 Å². The van der Waals surface area contributed by atoms with E-state index in [1.165, 1.54) is 12.0 Å². The van der Waals surface area contributed by atoms with Crippen molar-refractivity contribution in [3.8, 4) is 0 Å². The fourth-order valence-corrected chi connectivity index (χ4v) is 3.48. The summed E-state index contributed by atoms with van der Waals surface area (Å²) >= 11 is 0. The van der Waals surface area contributed by atoms with Gasteiger partial charge in [-0.1, -0.05) is 36.8 Å². The van der Waals surface area contributed by atoms with Crippen LogP contribution in [0.1, 0.15) is 47.7 Å². The summed E-state index contributed by atoms with van der Waals surface area (Å²) in [5, 5.41) is 10.3. The topological polar surface area (TPSA) is 57.8 Å². The van der Waals surface area contributed by atoms with Crippen molar-refractivity contribution < 1.29 is 4.79 Å². The molecule has 0 bridgehead atoms. The molecule has 0 unspecified atom stereocenters. The van der Waals surface area contributed by atoms with Gasteiger partial charge in [-0.3, -0.25) is 9.89 Å². The molecule has 22 heavy (non-hydrogen) atoms. The largest absolute Gasteiger partial charge is 0.352 e. The standard InChI is InChI=1S/C18H23N3O/c1-12-16(13(2)21-20-12)11-18(22)19-17-10-6-9-15(17)14-7-4-3-5-8-14/h3-5,7-8,15,17H,6,9-11H2,1-2H3,(H,19,22)(H,20,21)/t15-,17-/m1/s1. The first kappa shape index (κ1) is 14.8. The van der Waals surface area contributed by atoms with Crippen LogP contribution in [-0.2, 0) is 11.2 Å². The van der Waals surface area contributed by atoms with Crippen molar-refractivity contribution in [2.24, 2.45) is 0 Å². The summed E-state index contributed by atoms with van der Waals surface area (Å²) in [7, 11) is 0. The number of rotatable bonds is 4. The second-order valence-electron chi connectivity index (χ2n) is 6.21. The molecule has 0 spiro atoms. The molecular formula is C18H23N3O. The second kappa shape index (κ2) is 6.34. The highest BCUT2D eigenvalue weighted by molar-refractivity contribution is 5.79. The van der Waals surface area contributed by atoms with E-state index >= 15 is 0 Å². The minimum absolute atomic E-state index is 0.0976. The maximum atomic E-state index is 12.4. The van der Waals surface area contributed by atoms with E-state index in [2.05, 4.69) is 39.8 Å². The van der Waals surface area contributed by atoms with Crippen LogP contribution in [0.5, 0.6) is 0 Å². The minimum atomic E-state index is 0.0976. The Hall–Kier alpha value is -2.10. The number of nitrogens with one attached hydrogen (secondary N) is 2. The van der Waals surface area contributed by atoms with Crippen LogP contribution in [0.2, 0.25) is 0 Å². The SMILES string of the molecule is Cc1n[nH]c(C)c1CC(=O)N[C@@H]1CCC[C@@H]1c1ccccc1. The maximum Gasteiger partial charge on any atom is 0.224 e. The molecule has 2 N–H and O–H groups in total. The van der Waals surface area contributed by atoms with Crippen LogP contribution in [0.3, 0.4) is 0 Å². The molecular weight excluding hydrogens is 274 g/mol. The summed E-state index contributed by atoms with van der Waals surface area (Å²) in [6.07, 6.45) is 3.80. The van der Waals surface area contributed by atoms with Gasteiger partial charge >= 0.3 is 0 Å². The molecule has 0 saturated heterocycles. The molecule has 0 radical (unpaired) electrons. The number of aromatic nitrogens is 2. The Morgan fingerprint density at radius 1 is 1.27 bits per heavy atom. The van der Waals surface area contributed by atoms with E-state index < -0.39 is 0 Å². The monoisotopic (exact) mass is 297 g/mol. The van der Waals surface area contributed by atoms with Gasteiger partial charge in [0.15, 0.2) is 0 Å². The third-order valence-corrected chi connectivity index (χ3v) is 4.71. The zero-order valence-corrected chi connectivity index (χ0v) is 13.2. The number of amides is 1. The Morgan fingerprint density at radius 2 is 2.05 bits per heavy atom. The summed E-state index contributed by atoms with van der Waals surface area (Å²) in [6, 6.07) is 10.8. The van der Waals surface area contributed by atoms with Gasteiger partial charge in [-0.05, 0) is 32.3 Å². The van der Waals surface area contributed by atoms with Crippen LogP contribution >= 0.6 is 0 Å². The Bertz CT molecular complexity index is 628. The van der Waals surface area contributed by atoms with E-state index in [1.54, 1.807) is 0 Å². The first-order valence-electron chi connectivity index (χ1n) is 8.00. The highest BCUT2D eigenvalue weighted by atomic mass is 16.1. The van der Waals surface area contributed by atoms with Crippen molar-refractivity contribution >= 4 is 5.91 Å². The van der Waals surface area contributed by atoms with Gasteiger partial charge < -0.3 is 5.32 Å². The molecule has 1 aliphatic rings. The van der Waals surface area contributed by atoms with Crippen LogP contribution in [0, 0.1) is 13.8 Å². The van der Waals surface area contributed by atoms with E-state index in [-0.39, 0.29) is 11.9 Å². The Labute approximate surface area is 131 Å². The first-order valence-corrected chi connectivity index (χ1v) is 8.00. The Morgan fingerprint density at radius 3 is 2.73 bits per heavy atom. The quantitative estimate of drug-likeness (QED) is 0.911. The van der Waals surface area contributed by atoms with Gasteiger partial charge in [0.1, 0.15) is 0 Å². The molecule has 1 amide bonds. The van der Waals surface area contributed by atoms with Crippen molar-refractivity contribution in [3.63, 3.8) is 0 Å². The second-order valence-corrected chi connectivity index (χ2v) is 6.21. The van der Waals surface area contributed by atoms with Gasteiger partial charge in [0, 0.05) is 23.2 Å². The summed E-state index contributed by atoms with van der Waals surface area (Å²) in [4.78, 5) is 12.4. The number of H-pyrrole nitrogens is 1. The van der Waals surface area contributed by atoms with Crippen LogP contribution in [0.25, 0.3) is 0 Å². The summed E-state index contributed by atoms with van der Waals surface area (Å²) in [6.45, 7) is 3.90. The fourth-order valence-electron chi connectivity index (χ4n) is 3.48. The van der Waals surface area contributed by atoms with E-state index in [9.17, 15) is 4.79 Å². The molecule has 1 aromatic heterocycles. The van der Waals surface area contributed by atoms with Crippen molar-refractivity contribution in [2.75, 3.05) is 0 Å². The lowest BCUT2D eigenvalue weighted by molar-refractivity contribution is -0.121. The van der Waals surface area contributed by atoms with Crippen LogP contribution < -0.4 is 5.32 Å². The number of aryl methyl sites for hydroxylation is 2. The number of carbonyl (C=O) groups is 1. The average molecular weight is 297 g/mol. The van der Waals surface area contributed by atoms with E-state index in [0.717, 1.165) is 29.8 Å². The summed E-state index contributed by atoms with van der Waals surface area (Å²) in [5.41, 5.74) is 4.25. The predicted molar refractivity (Wildman–Crippen MR) is 86.7 cm³/mol. The number of nitrogens with zero attached hydrogens (tertiary/aromatic N) is 1. The molecule has 1 heterocycles. The lowest BCUT2D eigenvalue weighted by Gasteiger charge is -2.21. The highest BCUT2D eigenvalue weighted by Gasteiger charge is 2.29. The highest BCUT2D eigenvalue weighted by Crippen LogP contribution is 2.34. The van der Waals surface area contributed by atoms with Gasteiger partial charge in [-0.25, -0.2) is 0 Å². The molecule has 2 aromatic rings. The predicted octanol–water partition coefficient (Wildman–Crippen LogP) is 3.02. The summed E-state index contributed by atoms with van der Waals surface area (Å²) < 4.78 is 0. The summed E-state index contributed by atoms with van der Waals surface area (Å²) in [5.74, 6) is 0.539. The number of benzene rings is 1. The van der Waals surface area contributed by atoms with Crippen molar-refractivity contribution in [1.29, 1.82) is 0 Å². The van der Waals surface area contributed by atoms with E-state index in [4.69, 9.17) is 0 Å². The molecule has 1 aromatic carbocycles. The van der Waals surface area contributed by atoms with Crippen LogP contribution in [0.15, 0.2) is 30.3 Å². The number of carbonyl (C=O) groups excluding carboxylic acids is 1. The third kappa shape index (κ3) is 3.06. The fraction of sp³-hybridized carbons (Fsp3) is 0.444. The third-order valence-electron chi connectivity index (χ3n) is 4.71.